The molecule has 0 bridgehead atoms. The van der Waals surface area contributed by atoms with E-state index >= 15 is 0 Å². The molecule has 0 unspecified atom stereocenters. The minimum absolute atomic E-state index is 0.743. The summed E-state index contributed by atoms with van der Waals surface area (Å²) < 4.78 is 0. The molecule has 2 heterocycles. The zero-order valence-electron chi connectivity index (χ0n) is 15.5. The Labute approximate surface area is 151 Å². The SMILES string of the molecule is CCCCNC(=NC)NCC1CCN(Cc2csc(CC)n2)CC1. The Morgan fingerprint density at radius 2 is 2.12 bits per heavy atom. The van der Waals surface area contributed by atoms with Crippen LogP contribution in [0.5, 0.6) is 0 Å². The molecule has 24 heavy (non-hydrogen) atoms. The molecule has 1 saturated heterocycles. The number of unbranched alkanes of at least 4 members (excludes halogenated alkanes) is 1. The van der Waals surface area contributed by atoms with E-state index in [0.717, 1.165) is 37.9 Å². The number of likely N-dealkylation sites (tertiary alicyclic amines) is 1. The fourth-order valence-corrected chi connectivity index (χ4v) is 3.74. The van der Waals surface area contributed by atoms with E-state index in [-0.39, 0.29) is 0 Å². The molecule has 1 aliphatic heterocycles. The third-order valence-corrected chi connectivity index (χ3v) is 5.64. The van der Waals surface area contributed by atoms with Crippen LogP contribution in [-0.2, 0) is 13.0 Å². The number of nitrogens with zero attached hydrogens (tertiary/aromatic N) is 3. The van der Waals surface area contributed by atoms with Gasteiger partial charge >= 0.3 is 0 Å². The van der Waals surface area contributed by atoms with Crippen molar-refractivity contribution in [2.75, 3.05) is 33.2 Å². The van der Waals surface area contributed by atoms with Crippen LogP contribution < -0.4 is 10.6 Å². The number of piperidine rings is 1. The number of aliphatic imine (C=N–C) groups is 1. The van der Waals surface area contributed by atoms with Gasteiger partial charge in [-0.2, -0.15) is 0 Å². The highest BCUT2D eigenvalue weighted by molar-refractivity contribution is 7.09. The van der Waals surface area contributed by atoms with Crippen LogP contribution in [0.2, 0.25) is 0 Å². The first-order chi connectivity index (χ1) is 11.7. The van der Waals surface area contributed by atoms with Gasteiger partial charge in [-0.05, 0) is 44.7 Å². The third-order valence-electron chi connectivity index (χ3n) is 4.60. The molecule has 0 aliphatic carbocycles. The third kappa shape index (κ3) is 6.40. The highest BCUT2D eigenvalue weighted by atomic mass is 32.1. The van der Waals surface area contributed by atoms with E-state index in [1.807, 2.05) is 7.05 Å². The van der Waals surface area contributed by atoms with Gasteiger partial charge in [-0.25, -0.2) is 4.98 Å². The molecule has 5 nitrogen and oxygen atoms in total. The summed E-state index contributed by atoms with van der Waals surface area (Å²) in [6, 6.07) is 0. The summed E-state index contributed by atoms with van der Waals surface area (Å²) in [6.07, 6.45) is 5.95. The van der Waals surface area contributed by atoms with E-state index in [4.69, 9.17) is 0 Å². The Morgan fingerprint density at radius 3 is 2.75 bits per heavy atom. The highest BCUT2D eigenvalue weighted by Crippen LogP contribution is 2.19. The van der Waals surface area contributed by atoms with Gasteiger partial charge in [0.1, 0.15) is 0 Å². The Morgan fingerprint density at radius 1 is 1.33 bits per heavy atom. The highest BCUT2D eigenvalue weighted by Gasteiger charge is 2.20. The average Bonchev–Trinajstić information content (AvgIpc) is 3.07. The van der Waals surface area contributed by atoms with E-state index < -0.39 is 0 Å². The molecule has 1 aromatic rings. The van der Waals surface area contributed by atoms with E-state index in [2.05, 4.69) is 44.7 Å². The van der Waals surface area contributed by atoms with Gasteiger partial charge in [0.05, 0.1) is 10.7 Å². The smallest absolute Gasteiger partial charge is 0.190 e. The summed E-state index contributed by atoms with van der Waals surface area (Å²) in [7, 11) is 1.85. The van der Waals surface area contributed by atoms with Crippen molar-refractivity contribution in [3.8, 4) is 0 Å². The standard InChI is InChI=1S/C18H33N5S/c1-4-6-9-20-18(19-3)21-12-15-7-10-23(11-8-15)13-16-14-24-17(5-2)22-16/h14-15H,4-13H2,1-3H3,(H2,19,20,21). The average molecular weight is 352 g/mol. The maximum absolute atomic E-state index is 4.69. The molecule has 1 fully saturated rings. The molecular weight excluding hydrogens is 318 g/mol. The van der Waals surface area contributed by atoms with E-state index in [1.54, 1.807) is 11.3 Å². The number of aryl methyl sites for hydroxylation is 1. The van der Waals surface area contributed by atoms with Gasteiger partial charge in [0.15, 0.2) is 5.96 Å². The number of nitrogens with one attached hydrogen (secondary N) is 2. The van der Waals surface area contributed by atoms with Crippen molar-refractivity contribution in [3.05, 3.63) is 16.1 Å². The van der Waals surface area contributed by atoms with Gasteiger partial charge in [-0.1, -0.05) is 20.3 Å². The predicted octanol–water partition coefficient (Wildman–Crippen LogP) is 2.88. The van der Waals surface area contributed by atoms with Crippen LogP contribution in [0.15, 0.2) is 10.4 Å². The number of thiazole rings is 1. The zero-order chi connectivity index (χ0) is 17.2. The van der Waals surface area contributed by atoms with E-state index in [1.165, 1.54) is 49.5 Å². The van der Waals surface area contributed by atoms with Crippen molar-refractivity contribution >= 4 is 17.3 Å². The second-order valence-corrected chi connectivity index (χ2v) is 7.48. The van der Waals surface area contributed by atoms with Crippen LogP contribution in [-0.4, -0.2) is 49.1 Å². The van der Waals surface area contributed by atoms with Gasteiger partial charge in [0, 0.05) is 32.1 Å². The molecule has 0 amide bonds. The minimum Gasteiger partial charge on any atom is -0.356 e. The lowest BCUT2D eigenvalue weighted by Crippen LogP contribution is -2.43. The number of hydrogen-bond acceptors (Lipinski definition) is 4. The number of hydrogen-bond donors (Lipinski definition) is 2. The van der Waals surface area contributed by atoms with Crippen LogP contribution in [0.4, 0.5) is 0 Å². The molecule has 2 rings (SSSR count). The fraction of sp³-hybridized carbons (Fsp3) is 0.778. The lowest BCUT2D eigenvalue weighted by Gasteiger charge is -2.31. The zero-order valence-corrected chi connectivity index (χ0v) is 16.3. The number of guanidine groups is 1. The molecule has 0 spiro atoms. The Balaban J connectivity index is 1.65. The largest absolute Gasteiger partial charge is 0.356 e. The topological polar surface area (TPSA) is 52.6 Å². The van der Waals surface area contributed by atoms with Crippen LogP contribution in [0.25, 0.3) is 0 Å². The molecule has 136 valence electrons. The van der Waals surface area contributed by atoms with Crippen LogP contribution in [0.3, 0.4) is 0 Å². The first-order valence-electron chi connectivity index (χ1n) is 9.35. The monoisotopic (exact) mass is 351 g/mol. The van der Waals surface area contributed by atoms with E-state index in [0.29, 0.717) is 0 Å². The van der Waals surface area contributed by atoms with Crippen molar-refractivity contribution < 1.29 is 0 Å². The first kappa shape index (κ1) is 19.2. The minimum atomic E-state index is 0.743. The molecular formula is C18H33N5S. The predicted molar refractivity (Wildman–Crippen MR) is 104 cm³/mol. The molecule has 0 aromatic carbocycles. The molecule has 0 atom stereocenters. The fourth-order valence-electron chi connectivity index (χ4n) is 3.01. The van der Waals surface area contributed by atoms with Crippen LogP contribution in [0.1, 0.15) is 50.2 Å². The second kappa shape index (κ2) is 10.7. The normalized spacial score (nSPS) is 17.2. The van der Waals surface area contributed by atoms with Gasteiger partial charge < -0.3 is 10.6 Å². The van der Waals surface area contributed by atoms with Crippen molar-refractivity contribution in [2.45, 2.75) is 52.5 Å². The number of rotatable bonds is 8. The lowest BCUT2D eigenvalue weighted by atomic mass is 9.97. The molecule has 0 radical (unpaired) electrons. The van der Waals surface area contributed by atoms with Crippen molar-refractivity contribution in [1.82, 2.24) is 20.5 Å². The van der Waals surface area contributed by atoms with Gasteiger partial charge in [0.2, 0.25) is 0 Å². The van der Waals surface area contributed by atoms with Crippen molar-refractivity contribution in [3.63, 3.8) is 0 Å². The Bertz CT molecular complexity index is 491. The summed E-state index contributed by atoms with van der Waals surface area (Å²) >= 11 is 1.79. The quantitative estimate of drug-likeness (QED) is 0.430. The van der Waals surface area contributed by atoms with Crippen LogP contribution >= 0.6 is 11.3 Å². The first-order valence-corrected chi connectivity index (χ1v) is 10.2. The van der Waals surface area contributed by atoms with Crippen molar-refractivity contribution in [1.29, 1.82) is 0 Å². The summed E-state index contributed by atoms with van der Waals surface area (Å²) in [5.41, 5.74) is 1.24. The Hall–Kier alpha value is -1.14. The maximum Gasteiger partial charge on any atom is 0.190 e. The maximum atomic E-state index is 4.69. The molecule has 1 aliphatic rings. The summed E-state index contributed by atoms with van der Waals surface area (Å²) in [5.74, 6) is 1.69. The van der Waals surface area contributed by atoms with Gasteiger partial charge in [0.25, 0.3) is 0 Å². The summed E-state index contributed by atoms with van der Waals surface area (Å²) in [6.45, 7) is 9.77. The van der Waals surface area contributed by atoms with Crippen molar-refractivity contribution in [2.24, 2.45) is 10.9 Å². The molecule has 1 aromatic heterocycles. The summed E-state index contributed by atoms with van der Waals surface area (Å²) in [4.78, 5) is 11.5. The molecule has 0 saturated carbocycles. The molecule has 2 N–H and O–H groups in total. The molecule has 6 heteroatoms. The Kier molecular flexibility index (Phi) is 8.53. The van der Waals surface area contributed by atoms with Gasteiger partial charge in [-0.15, -0.1) is 11.3 Å². The summed E-state index contributed by atoms with van der Waals surface area (Å²) in [5, 5.41) is 10.3. The lowest BCUT2D eigenvalue weighted by molar-refractivity contribution is 0.176. The second-order valence-electron chi connectivity index (χ2n) is 6.54. The van der Waals surface area contributed by atoms with Crippen LogP contribution in [0, 0.1) is 5.92 Å². The van der Waals surface area contributed by atoms with Gasteiger partial charge in [-0.3, -0.25) is 9.89 Å². The number of aromatic nitrogens is 1. The van der Waals surface area contributed by atoms with E-state index in [9.17, 15) is 0 Å².